The summed E-state index contributed by atoms with van der Waals surface area (Å²) in [5, 5.41) is 0. The molecule has 8 fully saturated rings. The van der Waals surface area contributed by atoms with Gasteiger partial charge in [-0.05, 0) is 94.2 Å². The van der Waals surface area contributed by atoms with Crippen LogP contribution in [0.2, 0.25) is 0 Å². The van der Waals surface area contributed by atoms with E-state index in [1.165, 1.54) is 6.07 Å². The standard InChI is InChI=1S/C28H30O9S/c29-23-18-1-14-2-19(23)11-27(8-14,10-18)36-25(31)16-5-17(7-22(6-16)38(33,34)35)26(32)37-28-9-15-3-20(12-28)24(30)21(4-15)13-28/h5-7,14-15,18-21H,1-4,8-13H2,(H,33,34,35). The van der Waals surface area contributed by atoms with Crippen molar-refractivity contribution in [1.82, 2.24) is 0 Å². The molecule has 1 aromatic rings. The summed E-state index contributed by atoms with van der Waals surface area (Å²) in [7, 11) is -4.74. The van der Waals surface area contributed by atoms with Crippen molar-refractivity contribution in [2.45, 2.75) is 80.3 Å². The Bertz CT molecular complexity index is 1270. The van der Waals surface area contributed by atoms with Gasteiger partial charge in [0.15, 0.2) is 0 Å². The van der Waals surface area contributed by atoms with Crippen LogP contribution in [0.3, 0.4) is 0 Å². The van der Waals surface area contributed by atoms with Crippen LogP contribution >= 0.6 is 0 Å². The van der Waals surface area contributed by atoms with Gasteiger partial charge in [0.2, 0.25) is 0 Å². The van der Waals surface area contributed by atoms with Crippen molar-refractivity contribution >= 4 is 33.6 Å². The molecule has 4 atom stereocenters. The normalized spacial score (nSPS) is 40.4. The van der Waals surface area contributed by atoms with Gasteiger partial charge in [-0.25, -0.2) is 9.59 Å². The van der Waals surface area contributed by atoms with Crippen LogP contribution in [0.4, 0.5) is 0 Å². The average Bonchev–Trinajstić information content (AvgIpc) is 2.83. The van der Waals surface area contributed by atoms with E-state index < -0.39 is 38.2 Å². The van der Waals surface area contributed by atoms with Crippen molar-refractivity contribution in [1.29, 1.82) is 0 Å². The van der Waals surface area contributed by atoms with Gasteiger partial charge in [0.1, 0.15) is 22.8 Å². The molecule has 0 heterocycles. The largest absolute Gasteiger partial charge is 0.455 e. The Balaban J connectivity index is 1.16. The van der Waals surface area contributed by atoms with Gasteiger partial charge in [-0.2, -0.15) is 8.42 Å². The van der Waals surface area contributed by atoms with Crippen LogP contribution in [0.25, 0.3) is 0 Å². The Hall–Kier alpha value is -2.59. The molecule has 38 heavy (non-hydrogen) atoms. The maximum atomic E-state index is 13.3. The van der Waals surface area contributed by atoms with E-state index in [1.54, 1.807) is 0 Å². The quantitative estimate of drug-likeness (QED) is 0.437. The minimum atomic E-state index is -4.74. The van der Waals surface area contributed by atoms with Gasteiger partial charge in [-0.1, -0.05) is 0 Å². The van der Waals surface area contributed by atoms with Crippen LogP contribution in [0.5, 0.6) is 0 Å². The number of ketones is 2. The molecule has 0 aliphatic heterocycles. The van der Waals surface area contributed by atoms with E-state index in [-0.39, 0.29) is 46.4 Å². The lowest BCUT2D eigenvalue weighted by molar-refractivity contribution is -0.162. The first-order chi connectivity index (χ1) is 17.9. The van der Waals surface area contributed by atoms with Gasteiger partial charge in [-0.15, -0.1) is 0 Å². The molecule has 8 bridgehead atoms. The first-order valence-electron chi connectivity index (χ1n) is 13.6. The predicted molar refractivity (Wildman–Crippen MR) is 130 cm³/mol. The fraction of sp³-hybridized carbons (Fsp3) is 0.643. The molecule has 9 rings (SSSR count). The second-order valence-corrected chi connectivity index (χ2v) is 14.3. The fourth-order valence-electron chi connectivity index (χ4n) is 9.10. The second-order valence-electron chi connectivity index (χ2n) is 12.9. The zero-order valence-corrected chi connectivity index (χ0v) is 21.7. The molecule has 0 radical (unpaired) electrons. The Morgan fingerprint density at radius 1 is 0.684 bits per heavy atom. The number of benzene rings is 1. The summed E-state index contributed by atoms with van der Waals surface area (Å²) in [6, 6.07) is 3.25. The van der Waals surface area contributed by atoms with Crippen molar-refractivity contribution in [2.75, 3.05) is 0 Å². The number of hydrogen-bond acceptors (Lipinski definition) is 8. The van der Waals surface area contributed by atoms with Gasteiger partial charge in [0.05, 0.1) is 16.0 Å². The first-order valence-corrected chi connectivity index (χ1v) is 15.0. The fourth-order valence-corrected chi connectivity index (χ4v) is 9.65. The molecule has 0 aromatic heterocycles. The third kappa shape index (κ3) is 3.86. The number of rotatable bonds is 5. The first kappa shape index (κ1) is 24.5. The van der Waals surface area contributed by atoms with Crippen LogP contribution in [0.15, 0.2) is 23.1 Å². The molecule has 8 saturated carbocycles. The third-order valence-corrected chi connectivity index (χ3v) is 11.0. The average molecular weight is 543 g/mol. The molecular weight excluding hydrogens is 512 g/mol. The Kier molecular flexibility index (Phi) is 5.13. The maximum Gasteiger partial charge on any atom is 0.338 e. The van der Waals surface area contributed by atoms with E-state index in [1.807, 2.05) is 0 Å². The van der Waals surface area contributed by atoms with E-state index in [0.29, 0.717) is 50.4 Å². The molecule has 4 unspecified atom stereocenters. The molecule has 10 heteroatoms. The lowest BCUT2D eigenvalue weighted by Gasteiger charge is -2.54. The van der Waals surface area contributed by atoms with E-state index in [9.17, 15) is 32.1 Å². The molecule has 0 amide bonds. The summed E-state index contributed by atoms with van der Waals surface area (Å²) in [5.41, 5.74) is -1.89. The number of carbonyl (C=O) groups excluding carboxylic acids is 4. The SMILES string of the molecule is O=C(OC12CC3CC(C1)C(=O)C(C3)C2)c1cc(C(=O)OC23CC4CC(C2)C(=O)C(C4)C3)cc(S(=O)(=O)O)c1. The minimum Gasteiger partial charge on any atom is -0.455 e. The molecule has 0 saturated heterocycles. The van der Waals surface area contributed by atoms with Crippen LogP contribution in [-0.2, 0) is 29.2 Å². The monoisotopic (exact) mass is 542 g/mol. The Labute approximate surface area is 220 Å². The number of esters is 2. The second kappa shape index (κ2) is 7.97. The zero-order chi connectivity index (χ0) is 26.6. The molecule has 8 aliphatic rings. The molecule has 202 valence electrons. The molecule has 1 aromatic carbocycles. The summed E-state index contributed by atoms with van der Waals surface area (Å²) < 4.78 is 45.8. The van der Waals surface area contributed by atoms with Crippen molar-refractivity contribution in [3.63, 3.8) is 0 Å². The Morgan fingerprint density at radius 2 is 1.05 bits per heavy atom. The van der Waals surface area contributed by atoms with Gasteiger partial charge >= 0.3 is 11.9 Å². The lowest BCUT2D eigenvalue weighted by Crippen LogP contribution is -2.57. The van der Waals surface area contributed by atoms with E-state index in [2.05, 4.69) is 0 Å². The number of hydrogen-bond donors (Lipinski definition) is 1. The van der Waals surface area contributed by atoms with Crippen molar-refractivity contribution < 1.29 is 41.6 Å². The van der Waals surface area contributed by atoms with Crippen LogP contribution in [0.1, 0.15) is 84.9 Å². The van der Waals surface area contributed by atoms with E-state index in [0.717, 1.165) is 37.8 Å². The smallest absolute Gasteiger partial charge is 0.338 e. The highest BCUT2D eigenvalue weighted by molar-refractivity contribution is 7.85. The third-order valence-electron chi connectivity index (χ3n) is 10.2. The molecule has 9 nitrogen and oxygen atoms in total. The topological polar surface area (TPSA) is 141 Å². The summed E-state index contributed by atoms with van der Waals surface area (Å²) in [6.45, 7) is 0. The van der Waals surface area contributed by atoms with E-state index >= 15 is 0 Å². The highest BCUT2D eigenvalue weighted by Gasteiger charge is 2.58. The highest BCUT2D eigenvalue weighted by Crippen LogP contribution is 2.57. The van der Waals surface area contributed by atoms with Crippen molar-refractivity contribution in [3.8, 4) is 0 Å². The number of ether oxygens (including phenoxy) is 2. The van der Waals surface area contributed by atoms with Crippen LogP contribution in [-0.4, -0.2) is 47.7 Å². The van der Waals surface area contributed by atoms with Crippen molar-refractivity contribution in [2.24, 2.45) is 35.5 Å². The Morgan fingerprint density at radius 3 is 1.39 bits per heavy atom. The van der Waals surface area contributed by atoms with Gasteiger partial charge in [-0.3, -0.25) is 14.1 Å². The summed E-state index contributed by atoms with van der Waals surface area (Å²) in [6.07, 6.45) is 6.44. The zero-order valence-electron chi connectivity index (χ0n) is 20.9. The maximum absolute atomic E-state index is 13.3. The van der Waals surface area contributed by atoms with Gasteiger partial charge in [0.25, 0.3) is 10.1 Å². The van der Waals surface area contributed by atoms with Crippen molar-refractivity contribution in [3.05, 3.63) is 29.3 Å². The minimum absolute atomic E-state index is 0.115. The van der Waals surface area contributed by atoms with Gasteiger partial charge < -0.3 is 9.47 Å². The molecule has 1 N–H and O–H groups in total. The number of Topliss-reactive ketones (excluding diaryl/α,β-unsaturated/α-hetero) is 2. The molecule has 8 aliphatic carbocycles. The summed E-state index contributed by atoms with van der Waals surface area (Å²) >= 11 is 0. The molecule has 0 spiro atoms. The molecular formula is C28H30O9S. The highest BCUT2D eigenvalue weighted by atomic mass is 32.2. The predicted octanol–water partition coefficient (Wildman–Crippen LogP) is 3.54. The lowest BCUT2D eigenvalue weighted by atomic mass is 9.53. The van der Waals surface area contributed by atoms with Crippen LogP contribution in [0, 0.1) is 35.5 Å². The van der Waals surface area contributed by atoms with Crippen LogP contribution < -0.4 is 0 Å². The number of carbonyl (C=O) groups is 4. The summed E-state index contributed by atoms with van der Waals surface area (Å²) in [5.74, 6) is -0.910. The van der Waals surface area contributed by atoms with E-state index in [4.69, 9.17) is 9.47 Å². The summed E-state index contributed by atoms with van der Waals surface area (Å²) in [4.78, 5) is 51.1. The van der Waals surface area contributed by atoms with Gasteiger partial charge in [0, 0.05) is 23.7 Å².